The third kappa shape index (κ3) is 8.80. The van der Waals surface area contributed by atoms with Gasteiger partial charge in [-0.1, -0.05) is 0 Å². The van der Waals surface area contributed by atoms with Crippen molar-refractivity contribution in [2.75, 3.05) is 6.61 Å². The van der Waals surface area contributed by atoms with E-state index in [9.17, 15) is 37.9 Å². The number of esters is 1. The second kappa shape index (κ2) is 10.9. The average molecular weight is 550 g/mol. The number of aromatic amines is 1. The topological polar surface area (TPSA) is 250 Å². The van der Waals surface area contributed by atoms with Gasteiger partial charge in [-0.15, -0.1) is 0 Å². The van der Waals surface area contributed by atoms with Crippen LogP contribution < -0.4 is 11.2 Å². The van der Waals surface area contributed by atoms with Crippen LogP contribution in [0.25, 0.3) is 0 Å². The summed E-state index contributed by atoms with van der Waals surface area (Å²) in [7, 11) is -16.7. The molecule has 0 saturated carbocycles. The van der Waals surface area contributed by atoms with Gasteiger partial charge in [-0.3, -0.25) is 23.7 Å². The van der Waals surface area contributed by atoms with Crippen molar-refractivity contribution in [1.29, 1.82) is 0 Å². The van der Waals surface area contributed by atoms with Gasteiger partial charge in [0.05, 0.1) is 19.0 Å². The molecular formula is C14H21N2O15P3. The van der Waals surface area contributed by atoms with E-state index >= 15 is 0 Å². The van der Waals surface area contributed by atoms with Gasteiger partial charge in [-0.2, -0.15) is 8.62 Å². The van der Waals surface area contributed by atoms with Gasteiger partial charge in [0.15, 0.2) is 0 Å². The lowest BCUT2D eigenvalue weighted by Gasteiger charge is -2.20. The number of carbonyl (C=O) groups is 1. The van der Waals surface area contributed by atoms with Crippen molar-refractivity contribution in [3.8, 4) is 0 Å². The number of aromatic nitrogens is 2. The number of ether oxygens (including phenoxy) is 2. The number of rotatable bonds is 10. The molecule has 17 nitrogen and oxygen atoms in total. The quantitative estimate of drug-likeness (QED) is 0.148. The predicted molar refractivity (Wildman–Crippen MR) is 109 cm³/mol. The number of aryl methyl sites for hydroxylation is 1. The maximum absolute atomic E-state index is 12.2. The number of H-pyrrole nitrogens is 1. The lowest BCUT2D eigenvalue weighted by molar-refractivity contribution is -0.135. The Labute approximate surface area is 190 Å². The number of nitrogens with one attached hydrogen (secondary N) is 1. The van der Waals surface area contributed by atoms with Crippen LogP contribution in [0.4, 0.5) is 0 Å². The summed E-state index contributed by atoms with van der Waals surface area (Å²) in [6.45, 7) is 1.77. The van der Waals surface area contributed by atoms with Crippen LogP contribution in [0.3, 0.4) is 0 Å². The highest BCUT2D eigenvalue weighted by atomic mass is 31.3. The molecule has 0 aliphatic carbocycles. The number of hydrogen-bond acceptors (Lipinski definition) is 11. The van der Waals surface area contributed by atoms with Crippen molar-refractivity contribution < 1.29 is 60.7 Å². The van der Waals surface area contributed by atoms with E-state index in [-0.39, 0.29) is 12.0 Å². The molecule has 2 heterocycles. The van der Waals surface area contributed by atoms with E-state index in [1.807, 2.05) is 0 Å². The van der Waals surface area contributed by atoms with Gasteiger partial charge in [0.25, 0.3) is 5.56 Å². The maximum Gasteiger partial charge on any atom is 0.490 e. The number of phosphoric acid groups is 3. The van der Waals surface area contributed by atoms with Gasteiger partial charge >= 0.3 is 35.1 Å². The Balaban J connectivity index is 2.19. The normalized spacial score (nSPS) is 24.6. The summed E-state index contributed by atoms with van der Waals surface area (Å²) in [5.41, 5.74) is -1.24. The summed E-state index contributed by atoms with van der Waals surface area (Å²) in [6.07, 6.45) is 1.47. The summed E-state index contributed by atoms with van der Waals surface area (Å²) >= 11 is 0. The molecule has 0 spiro atoms. The molecule has 192 valence electrons. The Bertz CT molecular complexity index is 1200. The first kappa shape index (κ1) is 28.5. The lowest BCUT2D eigenvalue weighted by atomic mass is 10.0. The molecule has 2 rings (SSSR count). The molecule has 5 N–H and O–H groups in total. The van der Waals surface area contributed by atoms with Crippen LogP contribution in [0.5, 0.6) is 0 Å². The van der Waals surface area contributed by atoms with Crippen LogP contribution >= 0.6 is 23.5 Å². The van der Waals surface area contributed by atoms with E-state index in [1.165, 1.54) is 19.2 Å². The van der Waals surface area contributed by atoms with Crippen molar-refractivity contribution in [1.82, 2.24) is 9.55 Å². The molecule has 0 amide bonds. The van der Waals surface area contributed by atoms with Gasteiger partial charge in [0.2, 0.25) is 0 Å². The zero-order valence-electron chi connectivity index (χ0n) is 17.4. The minimum absolute atomic E-state index is 0.0353. The van der Waals surface area contributed by atoms with Crippen LogP contribution in [0, 0.1) is 12.8 Å². The molecule has 0 radical (unpaired) electrons. The van der Waals surface area contributed by atoms with E-state index in [4.69, 9.17) is 14.5 Å². The fourth-order valence-corrected chi connectivity index (χ4v) is 5.82. The Morgan fingerprint density at radius 3 is 2.44 bits per heavy atom. The van der Waals surface area contributed by atoms with E-state index in [1.54, 1.807) is 0 Å². The molecule has 0 aromatic carbocycles. The van der Waals surface area contributed by atoms with Crippen LogP contribution in [0.15, 0.2) is 28.1 Å². The van der Waals surface area contributed by atoms with E-state index in [0.29, 0.717) is 0 Å². The molecule has 1 aliphatic heterocycles. The summed E-state index contributed by atoms with van der Waals surface area (Å²) in [5.74, 6) is -1.36. The van der Waals surface area contributed by atoms with Crippen LogP contribution in [-0.2, 0) is 41.1 Å². The van der Waals surface area contributed by atoms with Crippen molar-refractivity contribution in [3.63, 3.8) is 0 Å². The van der Waals surface area contributed by atoms with Gasteiger partial charge < -0.3 is 29.0 Å². The highest BCUT2D eigenvalue weighted by Gasteiger charge is 2.42. The van der Waals surface area contributed by atoms with E-state index in [2.05, 4.69) is 22.9 Å². The Kier molecular flexibility index (Phi) is 9.13. The molecule has 20 heteroatoms. The first-order valence-electron chi connectivity index (χ1n) is 9.08. The maximum atomic E-state index is 12.2. The SMILES string of the molecule is CC(=O)OC=CC1CC(n2cc(C)c(=O)[nH]c2=O)OC1COP(=O)(O)OP(=O)(O)OP(=O)(O)O. The zero-order valence-corrected chi connectivity index (χ0v) is 20.1. The lowest BCUT2D eigenvalue weighted by Crippen LogP contribution is -2.33. The molecule has 0 bridgehead atoms. The minimum Gasteiger partial charge on any atom is -0.435 e. The molecule has 1 aromatic rings. The van der Waals surface area contributed by atoms with E-state index in [0.717, 1.165) is 17.8 Å². The molecule has 1 saturated heterocycles. The Hall–Kier alpha value is -1.74. The summed E-state index contributed by atoms with van der Waals surface area (Å²) in [4.78, 5) is 72.8. The third-order valence-corrected chi connectivity index (χ3v) is 7.92. The van der Waals surface area contributed by atoms with Crippen LogP contribution in [0.1, 0.15) is 25.1 Å². The van der Waals surface area contributed by atoms with Crippen LogP contribution in [0.2, 0.25) is 0 Å². The molecule has 5 atom stereocenters. The van der Waals surface area contributed by atoms with Gasteiger partial charge in [0.1, 0.15) is 6.23 Å². The van der Waals surface area contributed by atoms with Gasteiger partial charge in [0, 0.05) is 31.0 Å². The summed E-state index contributed by atoms with van der Waals surface area (Å²) in [6, 6.07) is 0. The first-order chi connectivity index (χ1) is 15.5. The van der Waals surface area contributed by atoms with Crippen molar-refractivity contribution in [3.05, 3.63) is 44.9 Å². The summed E-state index contributed by atoms with van der Waals surface area (Å²) in [5, 5.41) is 0. The molecule has 1 aliphatic rings. The predicted octanol–water partition coefficient (Wildman–Crippen LogP) is 0.169. The van der Waals surface area contributed by atoms with Crippen LogP contribution in [-0.4, -0.2) is 47.8 Å². The molecule has 1 aromatic heterocycles. The molecule has 1 fully saturated rings. The fraction of sp³-hybridized carbons (Fsp3) is 0.500. The smallest absolute Gasteiger partial charge is 0.435 e. The number of phosphoric ester groups is 1. The number of hydrogen-bond donors (Lipinski definition) is 5. The highest BCUT2D eigenvalue weighted by molar-refractivity contribution is 7.66. The summed E-state index contributed by atoms with van der Waals surface area (Å²) < 4.78 is 57.4. The first-order valence-corrected chi connectivity index (χ1v) is 13.6. The molecule has 34 heavy (non-hydrogen) atoms. The van der Waals surface area contributed by atoms with E-state index < -0.39 is 65.5 Å². The third-order valence-electron chi connectivity index (χ3n) is 4.12. The fourth-order valence-electron chi connectivity index (χ4n) is 2.79. The second-order valence-electron chi connectivity index (χ2n) is 6.83. The Morgan fingerprint density at radius 1 is 1.21 bits per heavy atom. The van der Waals surface area contributed by atoms with Gasteiger partial charge in [-0.05, 0) is 13.0 Å². The van der Waals surface area contributed by atoms with Gasteiger partial charge in [-0.25, -0.2) is 18.5 Å². The second-order valence-corrected chi connectivity index (χ2v) is 11.3. The van der Waals surface area contributed by atoms with Crippen molar-refractivity contribution >= 4 is 29.4 Å². The van der Waals surface area contributed by atoms with Crippen molar-refractivity contribution in [2.45, 2.75) is 32.6 Å². The zero-order chi connectivity index (χ0) is 25.9. The number of nitrogens with zero attached hydrogens (tertiary/aromatic N) is 1. The standard InChI is InChI=1S/C14H21N2O15P3/c1-8-6-16(14(19)15-13(8)18)12-5-10(3-4-27-9(2)17)11(29-12)7-28-33(23,24)31-34(25,26)30-32(20,21)22/h3-4,6,10-12H,5,7H2,1-2H3,(H,23,24)(H,25,26)(H,15,18,19)(H2,20,21,22). The Morgan fingerprint density at radius 2 is 1.85 bits per heavy atom. The van der Waals surface area contributed by atoms with Crippen molar-refractivity contribution in [2.24, 2.45) is 5.92 Å². The largest absolute Gasteiger partial charge is 0.490 e. The molecule has 5 unspecified atom stereocenters. The molecular weight excluding hydrogens is 529 g/mol. The minimum atomic E-state index is -5.71. The highest BCUT2D eigenvalue weighted by Crippen LogP contribution is 2.66. The average Bonchev–Trinajstić information content (AvgIpc) is 3.02. The monoisotopic (exact) mass is 550 g/mol. The number of carbonyl (C=O) groups excluding carboxylic acids is 1.